The Hall–Kier alpha value is -2.34. The highest BCUT2D eigenvalue weighted by atomic mass is 16.5. The predicted molar refractivity (Wildman–Crippen MR) is 109 cm³/mol. The molecule has 0 radical (unpaired) electrons. The molecular weight excluding hydrogens is 338 g/mol. The molecule has 1 fully saturated rings. The van der Waals surface area contributed by atoms with Crippen LogP contribution in [0.3, 0.4) is 0 Å². The zero-order chi connectivity index (χ0) is 19.1. The smallest absolute Gasteiger partial charge is 0.191 e. The van der Waals surface area contributed by atoms with Gasteiger partial charge in [0.15, 0.2) is 5.96 Å². The lowest BCUT2D eigenvalue weighted by atomic mass is 10.0. The number of hydrogen-bond acceptors (Lipinski definition) is 3. The van der Waals surface area contributed by atoms with E-state index in [1.54, 1.807) is 0 Å². The minimum atomic E-state index is -0.0846. The van der Waals surface area contributed by atoms with Gasteiger partial charge in [-0.15, -0.1) is 0 Å². The van der Waals surface area contributed by atoms with Crippen molar-refractivity contribution in [3.05, 3.63) is 53.6 Å². The van der Waals surface area contributed by atoms with E-state index in [2.05, 4.69) is 58.3 Å². The molecule has 1 aromatic carbocycles. The molecule has 146 valence electrons. The highest BCUT2D eigenvalue weighted by Gasteiger charge is 2.29. The minimum Gasteiger partial charge on any atom is -0.373 e. The average Bonchev–Trinajstić information content (AvgIpc) is 3.27. The lowest BCUT2D eigenvalue weighted by Gasteiger charge is -2.24. The summed E-state index contributed by atoms with van der Waals surface area (Å²) in [7, 11) is 0. The van der Waals surface area contributed by atoms with Gasteiger partial charge in [0, 0.05) is 38.6 Å². The number of benzene rings is 1. The van der Waals surface area contributed by atoms with Crippen LogP contribution in [0.5, 0.6) is 0 Å². The summed E-state index contributed by atoms with van der Waals surface area (Å²) < 4.78 is 8.00. The quantitative estimate of drug-likeness (QED) is 0.582. The highest BCUT2D eigenvalue weighted by Crippen LogP contribution is 2.23. The molecule has 1 atom stereocenters. The maximum Gasteiger partial charge on any atom is 0.191 e. The average molecular weight is 370 g/mol. The number of hydrogen-bond donors (Lipinski definition) is 2. The number of aryl methyl sites for hydroxylation is 1. The number of imidazole rings is 1. The van der Waals surface area contributed by atoms with Crippen LogP contribution in [0.25, 0.3) is 0 Å². The van der Waals surface area contributed by atoms with Crippen LogP contribution in [-0.4, -0.2) is 40.8 Å². The Balaban J connectivity index is 1.61. The summed E-state index contributed by atoms with van der Waals surface area (Å²) in [5.74, 6) is 1.87. The first-order valence-electron chi connectivity index (χ1n) is 9.80. The topological polar surface area (TPSA) is 63.5 Å². The van der Waals surface area contributed by atoms with Crippen LogP contribution in [0, 0.1) is 6.92 Å². The minimum absolute atomic E-state index is 0.0846. The molecule has 1 aliphatic heterocycles. The van der Waals surface area contributed by atoms with Gasteiger partial charge in [0.1, 0.15) is 5.82 Å². The Bertz CT molecular complexity index is 761. The normalized spacial score (nSPS) is 20.0. The lowest BCUT2D eigenvalue weighted by Crippen LogP contribution is -2.45. The zero-order valence-corrected chi connectivity index (χ0v) is 16.7. The van der Waals surface area contributed by atoms with Crippen LogP contribution in [-0.2, 0) is 17.8 Å². The first kappa shape index (κ1) is 19.4. The standard InChI is InChI=1S/C21H31N5O/c1-4-22-20(25-16-21(3)9-6-12-27-21)24-14-18-7-5-8-19(13-18)15-26-11-10-23-17(26)2/h5,7-8,10-11,13H,4,6,9,12,14-16H2,1-3H3,(H2,22,24,25). The molecule has 1 saturated heterocycles. The summed E-state index contributed by atoms with van der Waals surface area (Å²) in [5.41, 5.74) is 2.37. The van der Waals surface area contributed by atoms with E-state index in [1.165, 1.54) is 11.1 Å². The fourth-order valence-electron chi connectivity index (χ4n) is 3.35. The predicted octanol–water partition coefficient (Wildman–Crippen LogP) is 2.86. The molecule has 2 N–H and O–H groups in total. The number of guanidine groups is 1. The monoisotopic (exact) mass is 369 g/mol. The first-order valence-corrected chi connectivity index (χ1v) is 9.80. The first-order chi connectivity index (χ1) is 13.1. The van der Waals surface area contributed by atoms with Crippen LogP contribution in [0.2, 0.25) is 0 Å². The van der Waals surface area contributed by atoms with Crippen molar-refractivity contribution in [1.29, 1.82) is 0 Å². The largest absolute Gasteiger partial charge is 0.373 e. The van der Waals surface area contributed by atoms with Crippen LogP contribution in [0.1, 0.15) is 43.6 Å². The molecule has 0 aliphatic carbocycles. The summed E-state index contributed by atoms with van der Waals surface area (Å²) in [6, 6.07) is 8.58. The molecule has 1 aromatic heterocycles. The van der Waals surface area contributed by atoms with Crippen LogP contribution in [0.15, 0.2) is 41.7 Å². The summed E-state index contributed by atoms with van der Waals surface area (Å²) in [4.78, 5) is 9.04. The van der Waals surface area contributed by atoms with Gasteiger partial charge in [-0.05, 0) is 44.7 Å². The van der Waals surface area contributed by atoms with Crippen molar-refractivity contribution < 1.29 is 4.74 Å². The van der Waals surface area contributed by atoms with Gasteiger partial charge < -0.3 is 19.9 Å². The third kappa shape index (κ3) is 5.57. The Morgan fingerprint density at radius 3 is 2.89 bits per heavy atom. The highest BCUT2D eigenvalue weighted by molar-refractivity contribution is 5.79. The van der Waals surface area contributed by atoms with E-state index in [4.69, 9.17) is 9.73 Å². The fourth-order valence-corrected chi connectivity index (χ4v) is 3.35. The Labute approximate surface area is 162 Å². The molecule has 2 aromatic rings. The molecule has 0 spiro atoms. The SMILES string of the molecule is CCNC(=NCc1cccc(Cn2ccnc2C)c1)NCC1(C)CCCO1. The lowest BCUT2D eigenvalue weighted by molar-refractivity contribution is 0.0243. The second-order valence-electron chi connectivity index (χ2n) is 7.37. The number of aliphatic imine (C=N–C) groups is 1. The van der Waals surface area contributed by atoms with E-state index in [9.17, 15) is 0 Å². The molecular formula is C21H31N5O. The molecule has 3 rings (SSSR count). The van der Waals surface area contributed by atoms with Gasteiger partial charge in [0.05, 0.1) is 12.1 Å². The number of ether oxygens (including phenoxy) is 1. The molecule has 27 heavy (non-hydrogen) atoms. The van der Waals surface area contributed by atoms with E-state index >= 15 is 0 Å². The summed E-state index contributed by atoms with van der Waals surface area (Å²) in [5, 5.41) is 6.76. The second-order valence-corrected chi connectivity index (χ2v) is 7.37. The number of nitrogens with zero attached hydrogens (tertiary/aromatic N) is 3. The maximum absolute atomic E-state index is 5.85. The van der Waals surface area contributed by atoms with Crippen molar-refractivity contribution in [3.8, 4) is 0 Å². The van der Waals surface area contributed by atoms with Gasteiger partial charge in [-0.25, -0.2) is 9.98 Å². The molecule has 0 bridgehead atoms. The third-order valence-electron chi connectivity index (χ3n) is 4.96. The van der Waals surface area contributed by atoms with Crippen LogP contribution < -0.4 is 10.6 Å². The summed E-state index contributed by atoms with van der Waals surface area (Å²) >= 11 is 0. The van der Waals surface area contributed by atoms with Crippen molar-refractivity contribution in [1.82, 2.24) is 20.2 Å². The Morgan fingerprint density at radius 2 is 2.19 bits per heavy atom. The number of aromatic nitrogens is 2. The van der Waals surface area contributed by atoms with Gasteiger partial charge in [-0.3, -0.25) is 0 Å². The van der Waals surface area contributed by atoms with Gasteiger partial charge in [0.2, 0.25) is 0 Å². The van der Waals surface area contributed by atoms with Crippen molar-refractivity contribution in [2.24, 2.45) is 4.99 Å². The Kier molecular flexibility index (Phi) is 6.50. The van der Waals surface area contributed by atoms with Crippen molar-refractivity contribution in [2.45, 2.75) is 52.3 Å². The number of nitrogens with one attached hydrogen (secondary N) is 2. The summed E-state index contributed by atoms with van der Waals surface area (Å²) in [6.45, 7) is 10.2. The number of rotatable bonds is 7. The van der Waals surface area contributed by atoms with E-state index in [0.717, 1.165) is 50.9 Å². The van der Waals surface area contributed by atoms with Crippen molar-refractivity contribution >= 4 is 5.96 Å². The van der Waals surface area contributed by atoms with Crippen molar-refractivity contribution in [3.63, 3.8) is 0 Å². The molecule has 6 nitrogen and oxygen atoms in total. The van der Waals surface area contributed by atoms with E-state index in [-0.39, 0.29) is 5.60 Å². The van der Waals surface area contributed by atoms with Gasteiger partial charge in [-0.1, -0.05) is 24.3 Å². The third-order valence-corrected chi connectivity index (χ3v) is 4.96. The zero-order valence-electron chi connectivity index (χ0n) is 16.7. The van der Waals surface area contributed by atoms with Gasteiger partial charge in [0.25, 0.3) is 0 Å². The molecule has 2 heterocycles. The molecule has 0 saturated carbocycles. The summed E-state index contributed by atoms with van der Waals surface area (Å²) in [6.07, 6.45) is 6.08. The molecule has 6 heteroatoms. The maximum atomic E-state index is 5.85. The van der Waals surface area contributed by atoms with Gasteiger partial charge >= 0.3 is 0 Å². The molecule has 1 unspecified atom stereocenters. The van der Waals surface area contributed by atoms with Gasteiger partial charge in [-0.2, -0.15) is 0 Å². The van der Waals surface area contributed by atoms with E-state index in [1.807, 2.05) is 19.3 Å². The molecule has 1 aliphatic rings. The molecule has 0 amide bonds. The second kappa shape index (κ2) is 9.04. The van der Waals surface area contributed by atoms with Crippen LogP contribution in [0.4, 0.5) is 0 Å². The van der Waals surface area contributed by atoms with E-state index in [0.29, 0.717) is 6.54 Å². The fraction of sp³-hybridized carbons (Fsp3) is 0.524. The van der Waals surface area contributed by atoms with Crippen molar-refractivity contribution in [2.75, 3.05) is 19.7 Å². The van der Waals surface area contributed by atoms with E-state index < -0.39 is 0 Å². The van der Waals surface area contributed by atoms with Crippen LogP contribution >= 0.6 is 0 Å². The Morgan fingerprint density at radius 1 is 1.33 bits per heavy atom.